The van der Waals surface area contributed by atoms with Crippen LogP contribution in [0.5, 0.6) is 5.75 Å². The highest BCUT2D eigenvalue weighted by Gasteiger charge is 2.09. The zero-order valence-corrected chi connectivity index (χ0v) is 16.3. The second-order valence-electron chi connectivity index (χ2n) is 6.19. The Kier molecular flexibility index (Phi) is 7.08. The largest absolute Gasteiger partial charge is 0.483 e. The molecular weight excluding hydrogens is 390 g/mol. The molecule has 3 rings (SSSR count). The van der Waals surface area contributed by atoms with Crippen LogP contribution in [0.4, 0.5) is 10.5 Å². The maximum absolute atomic E-state index is 12.0. The average molecular weight is 410 g/mol. The van der Waals surface area contributed by atoms with Crippen molar-refractivity contribution >= 4 is 29.2 Å². The lowest BCUT2D eigenvalue weighted by atomic mass is 10.0. The van der Waals surface area contributed by atoms with E-state index in [9.17, 15) is 9.59 Å². The number of anilines is 1. The molecule has 0 aromatic heterocycles. The van der Waals surface area contributed by atoms with E-state index < -0.39 is 11.9 Å². The highest BCUT2D eigenvalue weighted by molar-refractivity contribution is 6.30. The summed E-state index contributed by atoms with van der Waals surface area (Å²) in [4.78, 5) is 23.8. The SMILES string of the molecule is O=C(COc1ccccc1Cc1ccccc1)NNC(=O)Nc1ccc(Cl)cc1. The molecule has 0 saturated heterocycles. The van der Waals surface area contributed by atoms with Crippen LogP contribution in [0, 0.1) is 0 Å². The Labute approximate surface area is 173 Å². The number of amides is 3. The van der Waals surface area contributed by atoms with E-state index in [1.54, 1.807) is 24.3 Å². The van der Waals surface area contributed by atoms with Crippen molar-refractivity contribution in [2.24, 2.45) is 0 Å². The second-order valence-corrected chi connectivity index (χ2v) is 6.63. The fourth-order valence-corrected chi connectivity index (χ4v) is 2.73. The number of nitrogens with one attached hydrogen (secondary N) is 3. The molecular formula is C22H20ClN3O3. The molecule has 7 heteroatoms. The molecule has 3 amide bonds. The van der Waals surface area contributed by atoms with Crippen LogP contribution in [0.1, 0.15) is 11.1 Å². The Bertz CT molecular complexity index is 963. The fraction of sp³-hybridized carbons (Fsp3) is 0.0909. The predicted molar refractivity (Wildman–Crippen MR) is 113 cm³/mol. The van der Waals surface area contributed by atoms with E-state index in [4.69, 9.17) is 16.3 Å². The Balaban J connectivity index is 1.47. The number of urea groups is 1. The molecule has 0 aliphatic heterocycles. The maximum atomic E-state index is 12.0. The Morgan fingerprint density at radius 3 is 2.28 bits per heavy atom. The van der Waals surface area contributed by atoms with Gasteiger partial charge in [0.15, 0.2) is 6.61 Å². The first-order valence-electron chi connectivity index (χ1n) is 8.96. The van der Waals surface area contributed by atoms with Gasteiger partial charge < -0.3 is 10.1 Å². The number of halogens is 1. The standard InChI is InChI=1S/C22H20ClN3O3/c23-18-10-12-19(13-11-18)24-22(28)26-25-21(27)15-29-20-9-5-4-8-17(20)14-16-6-2-1-3-7-16/h1-13H,14-15H2,(H,25,27)(H2,24,26,28). The number of hydrazine groups is 1. The van der Waals surface area contributed by atoms with Crippen molar-refractivity contribution < 1.29 is 14.3 Å². The number of benzene rings is 3. The smallest absolute Gasteiger partial charge is 0.337 e. The lowest BCUT2D eigenvalue weighted by Crippen LogP contribution is -2.45. The van der Waals surface area contributed by atoms with Crippen LogP contribution in [-0.2, 0) is 11.2 Å². The van der Waals surface area contributed by atoms with Gasteiger partial charge in [0.05, 0.1) is 0 Å². The number of rotatable bonds is 6. The minimum Gasteiger partial charge on any atom is -0.483 e. The molecule has 3 aromatic rings. The van der Waals surface area contributed by atoms with Crippen molar-refractivity contribution in [2.45, 2.75) is 6.42 Å². The molecule has 0 spiro atoms. The Hall–Kier alpha value is -3.51. The number of carbonyl (C=O) groups excluding carboxylic acids is 2. The van der Waals surface area contributed by atoms with Gasteiger partial charge in [-0.05, 0) is 41.5 Å². The Morgan fingerprint density at radius 1 is 0.828 bits per heavy atom. The summed E-state index contributed by atoms with van der Waals surface area (Å²) in [7, 11) is 0. The number of hydrogen-bond donors (Lipinski definition) is 3. The molecule has 148 valence electrons. The molecule has 0 fully saturated rings. The first-order valence-corrected chi connectivity index (χ1v) is 9.34. The van der Waals surface area contributed by atoms with Gasteiger partial charge in [-0.15, -0.1) is 0 Å². The zero-order valence-electron chi connectivity index (χ0n) is 15.5. The molecule has 3 aromatic carbocycles. The molecule has 0 aliphatic rings. The van der Waals surface area contributed by atoms with Crippen molar-refractivity contribution in [3.05, 3.63) is 95.0 Å². The summed E-state index contributed by atoms with van der Waals surface area (Å²) >= 11 is 5.79. The summed E-state index contributed by atoms with van der Waals surface area (Å²) in [6, 6.07) is 23.5. The van der Waals surface area contributed by atoms with Crippen LogP contribution in [0.25, 0.3) is 0 Å². The summed E-state index contributed by atoms with van der Waals surface area (Å²) < 4.78 is 5.64. The molecule has 29 heavy (non-hydrogen) atoms. The third kappa shape index (κ3) is 6.55. The van der Waals surface area contributed by atoms with E-state index >= 15 is 0 Å². The maximum Gasteiger partial charge on any atom is 0.337 e. The van der Waals surface area contributed by atoms with Gasteiger partial charge in [-0.1, -0.05) is 60.1 Å². The van der Waals surface area contributed by atoms with Gasteiger partial charge in [-0.2, -0.15) is 0 Å². The number of carbonyl (C=O) groups is 2. The summed E-state index contributed by atoms with van der Waals surface area (Å²) in [6.45, 7) is -0.229. The zero-order chi connectivity index (χ0) is 20.5. The molecule has 0 aliphatic carbocycles. The molecule has 6 nitrogen and oxygen atoms in total. The first kappa shape index (κ1) is 20.2. The van der Waals surface area contributed by atoms with E-state index in [2.05, 4.69) is 16.2 Å². The minimum atomic E-state index is -0.579. The van der Waals surface area contributed by atoms with Crippen LogP contribution < -0.4 is 20.9 Å². The van der Waals surface area contributed by atoms with Gasteiger partial charge in [0.1, 0.15) is 5.75 Å². The fourth-order valence-electron chi connectivity index (χ4n) is 2.61. The van der Waals surface area contributed by atoms with Crippen LogP contribution in [-0.4, -0.2) is 18.5 Å². The van der Waals surface area contributed by atoms with Gasteiger partial charge in [-0.25, -0.2) is 10.2 Å². The number of hydrogen-bond acceptors (Lipinski definition) is 3. The van der Waals surface area contributed by atoms with E-state index in [0.717, 1.165) is 11.1 Å². The quantitative estimate of drug-likeness (QED) is 0.535. The van der Waals surface area contributed by atoms with Crippen molar-refractivity contribution in [2.75, 3.05) is 11.9 Å². The van der Waals surface area contributed by atoms with Crippen molar-refractivity contribution in [3.8, 4) is 5.75 Å². The lowest BCUT2D eigenvalue weighted by Gasteiger charge is -2.12. The minimum absolute atomic E-state index is 0.229. The van der Waals surface area contributed by atoms with E-state index in [0.29, 0.717) is 22.9 Å². The van der Waals surface area contributed by atoms with Gasteiger partial charge in [0.25, 0.3) is 5.91 Å². The van der Waals surface area contributed by atoms with Crippen molar-refractivity contribution in [1.82, 2.24) is 10.9 Å². The van der Waals surface area contributed by atoms with E-state index in [-0.39, 0.29) is 6.61 Å². The molecule has 0 bridgehead atoms. The summed E-state index contributed by atoms with van der Waals surface area (Å²) in [6.07, 6.45) is 0.695. The van der Waals surface area contributed by atoms with E-state index in [1.807, 2.05) is 54.6 Å². The van der Waals surface area contributed by atoms with Crippen LogP contribution in [0.15, 0.2) is 78.9 Å². The summed E-state index contributed by atoms with van der Waals surface area (Å²) in [5.74, 6) is 0.142. The Morgan fingerprint density at radius 2 is 1.52 bits per heavy atom. The van der Waals surface area contributed by atoms with Crippen LogP contribution in [0.2, 0.25) is 5.02 Å². The summed E-state index contributed by atoms with van der Waals surface area (Å²) in [5, 5.41) is 3.13. The summed E-state index contributed by atoms with van der Waals surface area (Å²) in [5.41, 5.74) is 7.24. The van der Waals surface area contributed by atoms with Crippen molar-refractivity contribution in [3.63, 3.8) is 0 Å². The van der Waals surface area contributed by atoms with Gasteiger partial charge in [0.2, 0.25) is 0 Å². The monoisotopic (exact) mass is 409 g/mol. The average Bonchev–Trinajstić information content (AvgIpc) is 2.74. The van der Waals surface area contributed by atoms with Gasteiger partial charge in [0, 0.05) is 17.1 Å². The molecule has 0 heterocycles. The van der Waals surface area contributed by atoms with Gasteiger partial charge in [-0.3, -0.25) is 10.2 Å². The van der Waals surface area contributed by atoms with Crippen LogP contribution in [0.3, 0.4) is 0 Å². The molecule has 0 radical (unpaired) electrons. The third-order valence-electron chi connectivity index (χ3n) is 3.99. The van der Waals surface area contributed by atoms with E-state index in [1.165, 1.54) is 0 Å². The third-order valence-corrected chi connectivity index (χ3v) is 4.24. The molecule has 0 atom stereocenters. The lowest BCUT2D eigenvalue weighted by molar-refractivity contribution is -0.123. The normalized spacial score (nSPS) is 10.1. The van der Waals surface area contributed by atoms with Gasteiger partial charge >= 0.3 is 6.03 Å². The first-order chi connectivity index (χ1) is 14.1. The van der Waals surface area contributed by atoms with Crippen LogP contribution >= 0.6 is 11.6 Å². The number of ether oxygens (including phenoxy) is 1. The second kappa shape index (κ2) is 10.1. The predicted octanol–water partition coefficient (Wildman–Crippen LogP) is 4.16. The molecule has 0 saturated carbocycles. The highest BCUT2D eigenvalue weighted by Crippen LogP contribution is 2.21. The topological polar surface area (TPSA) is 79.5 Å². The molecule has 3 N–H and O–H groups in total. The molecule has 0 unspecified atom stereocenters. The van der Waals surface area contributed by atoms with Crippen molar-refractivity contribution in [1.29, 1.82) is 0 Å². The highest BCUT2D eigenvalue weighted by atomic mass is 35.5. The number of para-hydroxylation sites is 1.